The molecule has 0 aliphatic carbocycles. The topological polar surface area (TPSA) is 53.4 Å². The van der Waals surface area contributed by atoms with Crippen LogP contribution in [0, 0.1) is 13.8 Å². The Labute approximate surface area is 194 Å². The van der Waals surface area contributed by atoms with Crippen molar-refractivity contribution < 1.29 is 4.79 Å². The molecule has 1 fully saturated rings. The molecule has 0 atom stereocenters. The molecule has 4 aromatic rings. The van der Waals surface area contributed by atoms with Crippen molar-refractivity contribution >= 4 is 28.7 Å². The van der Waals surface area contributed by atoms with Crippen molar-refractivity contribution in [3.63, 3.8) is 0 Å². The molecule has 3 aromatic carbocycles. The Kier molecular flexibility index (Phi) is 5.73. The van der Waals surface area contributed by atoms with Gasteiger partial charge < -0.3 is 19.7 Å². The summed E-state index contributed by atoms with van der Waals surface area (Å²) in [5, 5.41) is 3.09. The number of imidazole rings is 1. The summed E-state index contributed by atoms with van der Waals surface area (Å²) in [6, 6.07) is 24.7. The lowest BCUT2D eigenvalue weighted by Gasteiger charge is -2.35. The zero-order valence-electron chi connectivity index (χ0n) is 19.2. The van der Waals surface area contributed by atoms with Crippen LogP contribution in [0.15, 0.2) is 72.8 Å². The van der Waals surface area contributed by atoms with Crippen molar-refractivity contribution in [3.8, 4) is 0 Å². The zero-order valence-corrected chi connectivity index (χ0v) is 19.2. The number of rotatable bonds is 4. The third-order valence-electron chi connectivity index (χ3n) is 6.51. The largest absolute Gasteiger partial charge is 0.339 e. The van der Waals surface area contributed by atoms with Gasteiger partial charge in [-0.2, -0.15) is 0 Å². The van der Waals surface area contributed by atoms with Crippen LogP contribution in [0.5, 0.6) is 0 Å². The second-order valence-electron chi connectivity index (χ2n) is 8.62. The van der Waals surface area contributed by atoms with Crippen LogP contribution in [0.3, 0.4) is 0 Å². The highest BCUT2D eigenvalue weighted by Crippen LogP contribution is 2.25. The highest BCUT2D eigenvalue weighted by atomic mass is 16.2. The van der Waals surface area contributed by atoms with Gasteiger partial charge in [-0.25, -0.2) is 9.78 Å². The standard InChI is InChI=1S/C27H29N5O/c1-20-9-8-13-23(21(20)2)29-27(33)31-17-15-30(16-18-31)26-28-24-12-6-7-14-25(24)32(26)19-22-10-4-3-5-11-22/h3-14H,15-19H2,1-2H3,(H,29,33). The third-order valence-corrected chi connectivity index (χ3v) is 6.51. The average molecular weight is 440 g/mol. The van der Waals surface area contributed by atoms with Gasteiger partial charge in [-0.1, -0.05) is 54.6 Å². The Hall–Kier alpha value is -3.80. The first kappa shape index (κ1) is 21.1. The molecular formula is C27H29N5O. The summed E-state index contributed by atoms with van der Waals surface area (Å²) in [6.07, 6.45) is 0. The fraction of sp³-hybridized carbons (Fsp3) is 0.259. The van der Waals surface area contributed by atoms with Gasteiger partial charge in [0, 0.05) is 31.9 Å². The van der Waals surface area contributed by atoms with Crippen molar-refractivity contribution in [2.24, 2.45) is 0 Å². The average Bonchev–Trinajstić information content (AvgIpc) is 3.21. The van der Waals surface area contributed by atoms with Crippen molar-refractivity contribution in [1.29, 1.82) is 0 Å². The minimum Gasteiger partial charge on any atom is -0.339 e. The Bertz CT molecular complexity index is 1270. The molecule has 1 saturated heterocycles. The number of nitrogens with one attached hydrogen (secondary N) is 1. The van der Waals surface area contributed by atoms with Gasteiger partial charge in [-0.05, 0) is 48.7 Å². The third kappa shape index (κ3) is 4.29. The van der Waals surface area contributed by atoms with Gasteiger partial charge in [-0.15, -0.1) is 0 Å². The van der Waals surface area contributed by atoms with E-state index in [1.807, 2.05) is 36.1 Å². The number of hydrogen-bond donors (Lipinski definition) is 1. The summed E-state index contributed by atoms with van der Waals surface area (Å²) < 4.78 is 2.29. The number of fused-ring (bicyclic) bond motifs is 1. The molecule has 0 unspecified atom stereocenters. The fourth-order valence-electron chi connectivity index (χ4n) is 4.42. The summed E-state index contributed by atoms with van der Waals surface area (Å²) >= 11 is 0. The van der Waals surface area contributed by atoms with E-state index < -0.39 is 0 Å². The van der Waals surface area contributed by atoms with E-state index in [0.29, 0.717) is 13.1 Å². The number of hydrogen-bond acceptors (Lipinski definition) is 3. The number of carbonyl (C=O) groups is 1. The second-order valence-corrected chi connectivity index (χ2v) is 8.62. The van der Waals surface area contributed by atoms with E-state index in [1.54, 1.807) is 0 Å². The number of anilines is 2. The molecule has 5 rings (SSSR count). The molecule has 6 nitrogen and oxygen atoms in total. The predicted molar refractivity (Wildman–Crippen MR) is 134 cm³/mol. The molecule has 1 aliphatic rings. The van der Waals surface area contributed by atoms with E-state index in [1.165, 1.54) is 11.1 Å². The lowest BCUT2D eigenvalue weighted by Crippen LogP contribution is -2.50. The highest BCUT2D eigenvalue weighted by molar-refractivity contribution is 5.90. The van der Waals surface area contributed by atoms with Crippen molar-refractivity contribution in [1.82, 2.24) is 14.5 Å². The number of carbonyl (C=O) groups excluding carboxylic acids is 1. The molecule has 0 spiro atoms. The highest BCUT2D eigenvalue weighted by Gasteiger charge is 2.25. The molecule has 1 aromatic heterocycles. The molecular weight excluding hydrogens is 410 g/mol. The van der Waals surface area contributed by atoms with Crippen LogP contribution in [0.4, 0.5) is 16.4 Å². The monoisotopic (exact) mass is 439 g/mol. The van der Waals surface area contributed by atoms with Crippen LogP contribution in [-0.2, 0) is 6.54 Å². The Morgan fingerprint density at radius 1 is 0.879 bits per heavy atom. The minimum absolute atomic E-state index is 0.0406. The van der Waals surface area contributed by atoms with Crippen LogP contribution >= 0.6 is 0 Å². The zero-order chi connectivity index (χ0) is 22.8. The maximum atomic E-state index is 12.9. The van der Waals surface area contributed by atoms with Gasteiger partial charge in [0.15, 0.2) is 0 Å². The maximum absolute atomic E-state index is 12.9. The van der Waals surface area contributed by atoms with Crippen molar-refractivity contribution in [3.05, 3.63) is 89.5 Å². The molecule has 2 heterocycles. The van der Waals surface area contributed by atoms with Gasteiger partial charge in [-0.3, -0.25) is 0 Å². The van der Waals surface area contributed by atoms with E-state index in [0.717, 1.165) is 47.9 Å². The molecule has 0 bridgehead atoms. The SMILES string of the molecule is Cc1cccc(NC(=O)N2CCN(c3nc4ccccc4n3Cc3ccccc3)CC2)c1C. The smallest absolute Gasteiger partial charge is 0.321 e. The van der Waals surface area contributed by atoms with Crippen LogP contribution in [-0.4, -0.2) is 46.7 Å². The van der Waals surface area contributed by atoms with Crippen molar-refractivity contribution in [2.45, 2.75) is 20.4 Å². The van der Waals surface area contributed by atoms with Crippen LogP contribution < -0.4 is 10.2 Å². The van der Waals surface area contributed by atoms with Crippen molar-refractivity contribution in [2.75, 3.05) is 36.4 Å². The Morgan fingerprint density at radius 3 is 2.39 bits per heavy atom. The molecule has 1 aliphatic heterocycles. The molecule has 33 heavy (non-hydrogen) atoms. The first-order valence-electron chi connectivity index (χ1n) is 11.5. The summed E-state index contributed by atoms with van der Waals surface area (Å²) in [4.78, 5) is 22.0. The van der Waals surface area contributed by atoms with E-state index in [-0.39, 0.29) is 6.03 Å². The molecule has 0 radical (unpaired) electrons. The number of urea groups is 1. The quantitative estimate of drug-likeness (QED) is 0.484. The van der Waals surface area contributed by atoms with Gasteiger partial charge in [0.25, 0.3) is 0 Å². The Morgan fingerprint density at radius 2 is 1.61 bits per heavy atom. The molecule has 2 amide bonds. The minimum atomic E-state index is -0.0406. The van der Waals surface area contributed by atoms with E-state index in [4.69, 9.17) is 4.98 Å². The molecule has 6 heteroatoms. The Balaban J connectivity index is 1.33. The number of aromatic nitrogens is 2. The van der Waals surface area contributed by atoms with Gasteiger partial charge in [0.2, 0.25) is 5.95 Å². The first-order chi connectivity index (χ1) is 16.1. The number of piperazine rings is 1. The predicted octanol–water partition coefficient (Wildman–Crippen LogP) is 5.06. The number of amides is 2. The maximum Gasteiger partial charge on any atom is 0.321 e. The van der Waals surface area contributed by atoms with Gasteiger partial charge in [0.05, 0.1) is 17.6 Å². The number of nitrogens with zero attached hydrogens (tertiary/aromatic N) is 4. The summed E-state index contributed by atoms with van der Waals surface area (Å²) in [5.41, 5.74) is 6.54. The van der Waals surface area contributed by atoms with Crippen LogP contribution in [0.1, 0.15) is 16.7 Å². The van der Waals surface area contributed by atoms with Crippen LogP contribution in [0.2, 0.25) is 0 Å². The lowest BCUT2D eigenvalue weighted by molar-refractivity contribution is 0.208. The lowest BCUT2D eigenvalue weighted by atomic mass is 10.1. The molecule has 1 N–H and O–H groups in total. The molecule has 168 valence electrons. The van der Waals surface area contributed by atoms with E-state index >= 15 is 0 Å². The van der Waals surface area contributed by atoms with Crippen LogP contribution in [0.25, 0.3) is 11.0 Å². The fourth-order valence-corrected chi connectivity index (χ4v) is 4.42. The summed E-state index contributed by atoms with van der Waals surface area (Å²) in [7, 11) is 0. The second kappa shape index (κ2) is 8.98. The van der Waals surface area contributed by atoms with E-state index in [9.17, 15) is 4.79 Å². The number of para-hydroxylation sites is 2. The summed E-state index contributed by atoms with van der Waals surface area (Å²) in [5.74, 6) is 0.967. The summed E-state index contributed by atoms with van der Waals surface area (Å²) in [6.45, 7) is 7.68. The molecule has 0 saturated carbocycles. The number of benzene rings is 3. The van der Waals surface area contributed by atoms with Gasteiger partial charge in [0.1, 0.15) is 0 Å². The van der Waals surface area contributed by atoms with Gasteiger partial charge >= 0.3 is 6.03 Å². The van der Waals surface area contributed by atoms with E-state index in [2.05, 4.69) is 70.2 Å². The normalized spacial score (nSPS) is 14.0. The first-order valence-corrected chi connectivity index (χ1v) is 11.5. The number of aryl methyl sites for hydroxylation is 1.